The molecule has 1 aliphatic rings. The molecule has 92 valence electrons. The van der Waals surface area contributed by atoms with Gasteiger partial charge in [0.05, 0.1) is 6.20 Å². The molecular formula is C12H12N4O2. The highest BCUT2D eigenvalue weighted by Gasteiger charge is 2.13. The van der Waals surface area contributed by atoms with Crippen LogP contribution in [0.4, 0.5) is 5.82 Å². The Bertz CT molecular complexity index is 574. The second kappa shape index (κ2) is 4.48. The van der Waals surface area contributed by atoms with Crippen LogP contribution in [0.5, 0.6) is 11.5 Å². The predicted octanol–water partition coefficient (Wildman–Crippen LogP) is 1.35. The molecule has 3 rings (SSSR count). The van der Waals surface area contributed by atoms with Crippen LogP contribution in [-0.2, 0) is 0 Å². The predicted molar refractivity (Wildman–Crippen MR) is 65.8 cm³/mol. The first-order chi connectivity index (χ1) is 8.86. The van der Waals surface area contributed by atoms with Crippen LogP contribution in [0.1, 0.15) is 0 Å². The fraction of sp³-hybridized carbons (Fsp3) is 0.250. The number of hydrogen-bond donors (Lipinski definition) is 1. The van der Waals surface area contributed by atoms with E-state index in [1.807, 2.05) is 18.2 Å². The first-order valence-corrected chi connectivity index (χ1v) is 5.64. The molecule has 0 saturated carbocycles. The Morgan fingerprint density at radius 1 is 1.17 bits per heavy atom. The normalized spacial score (nSPS) is 13.2. The van der Waals surface area contributed by atoms with Crippen LogP contribution in [0, 0.1) is 0 Å². The third kappa shape index (κ3) is 1.92. The maximum atomic E-state index is 5.53. The van der Waals surface area contributed by atoms with Gasteiger partial charge in [-0.15, -0.1) is 5.10 Å². The van der Waals surface area contributed by atoms with E-state index < -0.39 is 0 Å². The zero-order valence-electron chi connectivity index (χ0n) is 9.88. The highest BCUT2D eigenvalue weighted by atomic mass is 16.6. The first-order valence-electron chi connectivity index (χ1n) is 5.64. The van der Waals surface area contributed by atoms with E-state index in [0.717, 1.165) is 17.1 Å². The fourth-order valence-corrected chi connectivity index (χ4v) is 1.73. The third-order valence-corrected chi connectivity index (χ3v) is 2.62. The third-order valence-electron chi connectivity index (χ3n) is 2.62. The van der Waals surface area contributed by atoms with Crippen molar-refractivity contribution in [1.82, 2.24) is 15.2 Å². The molecule has 0 amide bonds. The van der Waals surface area contributed by atoms with Crippen molar-refractivity contribution in [2.24, 2.45) is 0 Å². The van der Waals surface area contributed by atoms with Crippen LogP contribution < -0.4 is 14.8 Å². The number of nitrogens with zero attached hydrogens (tertiary/aromatic N) is 3. The highest BCUT2D eigenvalue weighted by molar-refractivity contribution is 5.61. The topological polar surface area (TPSA) is 69.2 Å². The molecule has 2 heterocycles. The SMILES string of the molecule is CNc1cnnc(-c2ccc3c(c2)OCCO3)n1. The molecule has 0 aliphatic carbocycles. The monoisotopic (exact) mass is 244 g/mol. The molecule has 1 aromatic heterocycles. The van der Waals surface area contributed by atoms with Gasteiger partial charge in [-0.25, -0.2) is 4.98 Å². The average Bonchev–Trinajstić information content (AvgIpc) is 2.47. The molecule has 0 bridgehead atoms. The lowest BCUT2D eigenvalue weighted by atomic mass is 10.2. The number of anilines is 1. The number of hydrogen-bond acceptors (Lipinski definition) is 6. The Morgan fingerprint density at radius 2 is 2.00 bits per heavy atom. The molecule has 0 saturated heterocycles. The van der Waals surface area contributed by atoms with Gasteiger partial charge in [0.25, 0.3) is 0 Å². The van der Waals surface area contributed by atoms with E-state index in [2.05, 4.69) is 20.5 Å². The minimum atomic E-state index is 0.554. The van der Waals surface area contributed by atoms with Crippen molar-refractivity contribution >= 4 is 5.82 Å². The summed E-state index contributed by atoms with van der Waals surface area (Å²) in [4.78, 5) is 4.33. The average molecular weight is 244 g/mol. The summed E-state index contributed by atoms with van der Waals surface area (Å²) >= 11 is 0. The quantitative estimate of drug-likeness (QED) is 0.860. The van der Waals surface area contributed by atoms with Gasteiger partial charge in [-0.05, 0) is 18.2 Å². The van der Waals surface area contributed by atoms with Crippen molar-refractivity contribution in [3.05, 3.63) is 24.4 Å². The molecule has 0 atom stereocenters. The highest BCUT2D eigenvalue weighted by Crippen LogP contribution is 2.33. The molecule has 18 heavy (non-hydrogen) atoms. The van der Waals surface area contributed by atoms with Gasteiger partial charge in [0, 0.05) is 12.6 Å². The molecule has 6 heteroatoms. The van der Waals surface area contributed by atoms with Gasteiger partial charge in [-0.3, -0.25) is 0 Å². The van der Waals surface area contributed by atoms with E-state index in [4.69, 9.17) is 9.47 Å². The molecule has 0 fully saturated rings. The van der Waals surface area contributed by atoms with Crippen LogP contribution in [0.25, 0.3) is 11.4 Å². The fourth-order valence-electron chi connectivity index (χ4n) is 1.73. The molecule has 1 aromatic carbocycles. The van der Waals surface area contributed by atoms with Crippen LogP contribution in [-0.4, -0.2) is 35.4 Å². The van der Waals surface area contributed by atoms with Gasteiger partial charge in [0.15, 0.2) is 17.3 Å². The molecule has 0 radical (unpaired) electrons. The van der Waals surface area contributed by atoms with Crippen LogP contribution >= 0.6 is 0 Å². The van der Waals surface area contributed by atoms with Crippen molar-refractivity contribution in [3.63, 3.8) is 0 Å². The molecule has 1 N–H and O–H groups in total. The van der Waals surface area contributed by atoms with Crippen molar-refractivity contribution in [2.45, 2.75) is 0 Å². The molecule has 0 spiro atoms. The summed E-state index contributed by atoms with van der Waals surface area (Å²) in [6.07, 6.45) is 1.57. The van der Waals surface area contributed by atoms with E-state index in [9.17, 15) is 0 Å². The smallest absolute Gasteiger partial charge is 0.183 e. The van der Waals surface area contributed by atoms with Gasteiger partial charge in [0.1, 0.15) is 19.0 Å². The summed E-state index contributed by atoms with van der Waals surface area (Å²) in [6, 6.07) is 5.62. The maximum Gasteiger partial charge on any atom is 0.183 e. The number of rotatable bonds is 2. The van der Waals surface area contributed by atoms with E-state index in [1.165, 1.54) is 0 Å². The van der Waals surface area contributed by atoms with Gasteiger partial charge in [0.2, 0.25) is 0 Å². The summed E-state index contributed by atoms with van der Waals surface area (Å²) in [5.74, 6) is 2.70. The second-order valence-corrected chi connectivity index (χ2v) is 3.77. The molecule has 6 nitrogen and oxygen atoms in total. The molecule has 0 unspecified atom stereocenters. The standard InChI is InChI=1S/C12H12N4O2/c1-13-11-7-14-16-12(15-11)8-2-3-9-10(6-8)18-5-4-17-9/h2-3,6-7H,4-5H2,1H3,(H,13,15,16). The van der Waals surface area contributed by atoms with Crippen molar-refractivity contribution in [3.8, 4) is 22.9 Å². The zero-order valence-corrected chi connectivity index (χ0v) is 9.88. The summed E-state index contributed by atoms with van der Waals surface area (Å²) < 4.78 is 11.0. The summed E-state index contributed by atoms with van der Waals surface area (Å²) in [6.45, 7) is 1.14. The lowest BCUT2D eigenvalue weighted by Gasteiger charge is -2.18. The minimum Gasteiger partial charge on any atom is -0.486 e. The Hall–Kier alpha value is -2.37. The Morgan fingerprint density at radius 3 is 2.83 bits per heavy atom. The Kier molecular flexibility index (Phi) is 2.68. The lowest BCUT2D eigenvalue weighted by Crippen LogP contribution is -2.15. The molecule has 1 aliphatic heterocycles. The number of nitrogens with one attached hydrogen (secondary N) is 1. The Balaban J connectivity index is 2.00. The van der Waals surface area contributed by atoms with Crippen LogP contribution in [0.2, 0.25) is 0 Å². The lowest BCUT2D eigenvalue weighted by molar-refractivity contribution is 0.171. The van der Waals surface area contributed by atoms with E-state index >= 15 is 0 Å². The summed E-state index contributed by atoms with van der Waals surface area (Å²) in [5.41, 5.74) is 0.851. The van der Waals surface area contributed by atoms with Gasteiger partial charge in [-0.2, -0.15) is 5.10 Å². The largest absolute Gasteiger partial charge is 0.486 e. The van der Waals surface area contributed by atoms with E-state index in [0.29, 0.717) is 24.9 Å². The van der Waals surface area contributed by atoms with Crippen LogP contribution in [0.15, 0.2) is 24.4 Å². The van der Waals surface area contributed by atoms with Crippen LogP contribution in [0.3, 0.4) is 0 Å². The van der Waals surface area contributed by atoms with Crippen molar-refractivity contribution in [2.75, 3.05) is 25.6 Å². The zero-order chi connectivity index (χ0) is 12.4. The molecule has 2 aromatic rings. The number of aromatic nitrogens is 3. The van der Waals surface area contributed by atoms with E-state index in [-0.39, 0.29) is 0 Å². The number of benzene rings is 1. The van der Waals surface area contributed by atoms with Crippen molar-refractivity contribution < 1.29 is 9.47 Å². The van der Waals surface area contributed by atoms with Gasteiger partial charge < -0.3 is 14.8 Å². The van der Waals surface area contributed by atoms with Gasteiger partial charge in [-0.1, -0.05) is 0 Å². The number of fused-ring (bicyclic) bond motifs is 1. The van der Waals surface area contributed by atoms with E-state index in [1.54, 1.807) is 13.2 Å². The number of ether oxygens (including phenoxy) is 2. The minimum absolute atomic E-state index is 0.554. The summed E-state index contributed by atoms with van der Waals surface area (Å²) in [7, 11) is 1.79. The molecular weight excluding hydrogens is 232 g/mol. The maximum absolute atomic E-state index is 5.53. The summed E-state index contributed by atoms with van der Waals surface area (Å²) in [5, 5.41) is 10.8. The first kappa shape index (κ1) is 10.8. The van der Waals surface area contributed by atoms with Gasteiger partial charge >= 0.3 is 0 Å². The second-order valence-electron chi connectivity index (χ2n) is 3.77. The van der Waals surface area contributed by atoms with Crippen molar-refractivity contribution in [1.29, 1.82) is 0 Å². The Labute approximate surface area is 104 Å².